The predicted molar refractivity (Wildman–Crippen MR) is 127 cm³/mol. The molecule has 0 radical (unpaired) electrons. The fourth-order valence-corrected chi connectivity index (χ4v) is 3.70. The fourth-order valence-electron chi connectivity index (χ4n) is 3.70. The summed E-state index contributed by atoms with van der Waals surface area (Å²) in [6.07, 6.45) is 2.39. The molecule has 8 heteroatoms. The summed E-state index contributed by atoms with van der Waals surface area (Å²) in [5, 5.41) is 3.06. The third-order valence-corrected chi connectivity index (χ3v) is 5.45. The van der Waals surface area contributed by atoms with Crippen LogP contribution >= 0.6 is 0 Å². The van der Waals surface area contributed by atoms with Gasteiger partial charge < -0.3 is 10.1 Å². The lowest BCUT2D eigenvalue weighted by Crippen LogP contribution is -2.42. The maximum atomic E-state index is 13.3. The highest BCUT2D eigenvalue weighted by Crippen LogP contribution is 2.18. The number of carbonyl (C=O) groups is 1. The minimum absolute atomic E-state index is 0.00656. The minimum atomic E-state index is -0.617. The van der Waals surface area contributed by atoms with E-state index < -0.39 is 17.2 Å². The summed E-state index contributed by atoms with van der Waals surface area (Å²) in [4.78, 5) is 43.4. The van der Waals surface area contributed by atoms with Gasteiger partial charge in [-0.15, -0.1) is 0 Å². The topological polar surface area (TPSA) is 95.2 Å². The number of fused-ring (bicyclic) bond motifs is 1. The van der Waals surface area contributed by atoms with E-state index in [1.165, 1.54) is 17.9 Å². The molecule has 1 amide bonds. The van der Waals surface area contributed by atoms with Crippen LogP contribution in [0.2, 0.25) is 0 Å². The molecule has 1 N–H and O–H groups in total. The molecule has 0 bridgehead atoms. The third-order valence-electron chi connectivity index (χ3n) is 5.45. The summed E-state index contributed by atoms with van der Waals surface area (Å²) < 4.78 is 7.69. The highest BCUT2D eigenvalue weighted by atomic mass is 16.5. The second kappa shape index (κ2) is 9.52. The average molecular weight is 444 g/mol. The molecule has 0 aliphatic rings. The first-order chi connectivity index (χ1) is 16.0. The lowest BCUT2D eigenvalue weighted by Gasteiger charge is -2.14. The van der Waals surface area contributed by atoms with Gasteiger partial charge in [-0.25, -0.2) is 9.78 Å². The molecule has 2 heterocycles. The van der Waals surface area contributed by atoms with Gasteiger partial charge in [0.15, 0.2) is 0 Å². The van der Waals surface area contributed by atoms with E-state index in [2.05, 4.69) is 17.2 Å². The first-order valence-electron chi connectivity index (χ1n) is 10.6. The summed E-state index contributed by atoms with van der Waals surface area (Å²) in [6, 6.07) is 17.9. The molecule has 8 nitrogen and oxygen atoms in total. The van der Waals surface area contributed by atoms with E-state index in [0.29, 0.717) is 17.0 Å². The zero-order chi connectivity index (χ0) is 23.4. The number of hydrogen-bond donors (Lipinski definition) is 1. The van der Waals surface area contributed by atoms with Crippen LogP contribution in [0.4, 0.5) is 5.69 Å². The molecule has 168 valence electrons. The molecular weight excluding hydrogens is 420 g/mol. The number of aromatic nitrogens is 3. The molecule has 33 heavy (non-hydrogen) atoms. The highest BCUT2D eigenvalue weighted by molar-refractivity contribution is 5.91. The normalized spacial score (nSPS) is 10.8. The monoisotopic (exact) mass is 444 g/mol. The zero-order valence-electron chi connectivity index (χ0n) is 18.4. The molecule has 2 aromatic carbocycles. The van der Waals surface area contributed by atoms with Gasteiger partial charge in [-0.05, 0) is 42.3 Å². The van der Waals surface area contributed by atoms with E-state index in [0.717, 1.165) is 16.6 Å². The Morgan fingerprint density at radius 3 is 2.48 bits per heavy atom. The van der Waals surface area contributed by atoms with Gasteiger partial charge in [0.2, 0.25) is 5.91 Å². The molecule has 2 aromatic heterocycles. The van der Waals surface area contributed by atoms with Crippen molar-refractivity contribution in [3.05, 3.63) is 98.8 Å². The van der Waals surface area contributed by atoms with Crippen LogP contribution in [-0.2, 0) is 24.3 Å². The number of nitrogens with one attached hydrogen (secondary N) is 1. The van der Waals surface area contributed by atoms with Crippen molar-refractivity contribution in [1.82, 2.24) is 14.1 Å². The Bertz CT molecular complexity index is 1420. The van der Waals surface area contributed by atoms with Crippen molar-refractivity contribution in [1.29, 1.82) is 0 Å². The largest absolute Gasteiger partial charge is 0.496 e. The van der Waals surface area contributed by atoms with Gasteiger partial charge in [-0.3, -0.25) is 18.7 Å². The number of carbonyl (C=O) groups excluding carboxylic acids is 1. The van der Waals surface area contributed by atoms with Crippen LogP contribution in [0.5, 0.6) is 5.75 Å². The first kappa shape index (κ1) is 22.0. The van der Waals surface area contributed by atoms with E-state index in [1.54, 1.807) is 30.3 Å². The molecule has 0 aliphatic heterocycles. The first-order valence-corrected chi connectivity index (χ1v) is 10.6. The Kier molecular flexibility index (Phi) is 6.35. The number of aryl methyl sites for hydroxylation is 1. The number of benzene rings is 2. The van der Waals surface area contributed by atoms with E-state index in [1.807, 2.05) is 30.3 Å². The number of nitrogens with zero attached hydrogens (tertiary/aromatic N) is 3. The number of amides is 1. The zero-order valence-corrected chi connectivity index (χ0v) is 18.4. The van der Waals surface area contributed by atoms with Gasteiger partial charge in [0.25, 0.3) is 5.56 Å². The molecule has 0 unspecified atom stereocenters. The van der Waals surface area contributed by atoms with Crippen molar-refractivity contribution in [3.63, 3.8) is 0 Å². The highest BCUT2D eigenvalue weighted by Gasteiger charge is 2.17. The quantitative estimate of drug-likeness (QED) is 0.473. The Hall–Kier alpha value is -4.20. The van der Waals surface area contributed by atoms with Crippen LogP contribution in [-0.4, -0.2) is 27.1 Å². The van der Waals surface area contributed by atoms with Crippen LogP contribution in [0.1, 0.15) is 18.1 Å². The Labute approximate surface area is 190 Å². The van der Waals surface area contributed by atoms with E-state index in [9.17, 15) is 14.4 Å². The Balaban J connectivity index is 1.73. The maximum Gasteiger partial charge on any atom is 0.333 e. The number of ether oxygens (including phenoxy) is 1. The molecule has 0 fully saturated rings. The van der Waals surface area contributed by atoms with Gasteiger partial charge in [0.1, 0.15) is 17.9 Å². The fraction of sp³-hybridized carbons (Fsp3) is 0.200. The van der Waals surface area contributed by atoms with Crippen LogP contribution in [0.3, 0.4) is 0 Å². The third kappa shape index (κ3) is 4.55. The molecule has 0 atom stereocenters. The van der Waals surface area contributed by atoms with E-state index >= 15 is 0 Å². The molecule has 4 rings (SSSR count). The van der Waals surface area contributed by atoms with Crippen LogP contribution < -0.4 is 21.3 Å². The molecule has 4 aromatic rings. The summed E-state index contributed by atoms with van der Waals surface area (Å²) in [6.45, 7) is 1.78. The summed E-state index contributed by atoms with van der Waals surface area (Å²) in [7, 11) is 1.53. The minimum Gasteiger partial charge on any atom is -0.496 e. The van der Waals surface area contributed by atoms with Crippen molar-refractivity contribution in [3.8, 4) is 5.75 Å². The SMILES string of the molecule is CCc1ccc(NC(=O)Cn2c(=O)n(Cc3ccccc3OC)c(=O)c3cccnc32)cc1. The van der Waals surface area contributed by atoms with Gasteiger partial charge in [0.05, 0.1) is 19.0 Å². The van der Waals surface area contributed by atoms with Crippen molar-refractivity contribution < 1.29 is 9.53 Å². The molecular formula is C25H24N4O4. The van der Waals surface area contributed by atoms with Crippen molar-refractivity contribution in [2.75, 3.05) is 12.4 Å². The standard InChI is InChI=1S/C25H24N4O4/c1-3-17-10-12-19(13-11-17)27-22(30)16-28-23-20(8-6-14-26-23)24(31)29(25(28)32)15-18-7-4-5-9-21(18)33-2/h4-14H,3,15-16H2,1-2H3,(H,27,30). The predicted octanol–water partition coefficient (Wildman–Crippen LogP) is 2.82. The second-order valence-electron chi connectivity index (χ2n) is 7.55. The summed E-state index contributed by atoms with van der Waals surface area (Å²) >= 11 is 0. The number of methoxy groups -OCH3 is 1. The van der Waals surface area contributed by atoms with Crippen LogP contribution in [0.25, 0.3) is 11.0 Å². The van der Waals surface area contributed by atoms with E-state index in [4.69, 9.17) is 4.74 Å². The second-order valence-corrected chi connectivity index (χ2v) is 7.55. The maximum absolute atomic E-state index is 13.3. The van der Waals surface area contributed by atoms with Gasteiger partial charge >= 0.3 is 5.69 Å². The van der Waals surface area contributed by atoms with Gasteiger partial charge in [-0.1, -0.05) is 37.3 Å². The average Bonchev–Trinajstić information content (AvgIpc) is 2.85. The van der Waals surface area contributed by atoms with Crippen LogP contribution in [0, 0.1) is 0 Å². The van der Waals surface area contributed by atoms with Gasteiger partial charge in [-0.2, -0.15) is 0 Å². The lowest BCUT2D eigenvalue weighted by atomic mass is 10.1. The smallest absolute Gasteiger partial charge is 0.333 e. The van der Waals surface area contributed by atoms with Crippen molar-refractivity contribution >= 4 is 22.6 Å². The summed E-state index contributed by atoms with van der Waals surface area (Å²) in [5.74, 6) is 0.172. The lowest BCUT2D eigenvalue weighted by molar-refractivity contribution is -0.116. The summed E-state index contributed by atoms with van der Waals surface area (Å²) in [5.41, 5.74) is 1.54. The Morgan fingerprint density at radius 1 is 1.00 bits per heavy atom. The van der Waals surface area contributed by atoms with Crippen molar-refractivity contribution in [2.24, 2.45) is 0 Å². The number of rotatable bonds is 7. The number of para-hydroxylation sites is 1. The van der Waals surface area contributed by atoms with Crippen LogP contribution in [0.15, 0.2) is 76.4 Å². The number of hydrogen-bond acceptors (Lipinski definition) is 5. The van der Waals surface area contributed by atoms with Crippen molar-refractivity contribution in [2.45, 2.75) is 26.4 Å². The van der Waals surface area contributed by atoms with Gasteiger partial charge in [0, 0.05) is 17.4 Å². The molecule has 0 saturated heterocycles. The molecule has 0 spiro atoms. The number of pyridine rings is 1. The molecule has 0 saturated carbocycles. The van der Waals surface area contributed by atoms with E-state index in [-0.39, 0.29) is 24.1 Å². The molecule has 0 aliphatic carbocycles. The Morgan fingerprint density at radius 2 is 1.76 bits per heavy atom. The number of anilines is 1.